The average Bonchev–Trinajstić information content (AvgIpc) is 2.51. The lowest BCUT2D eigenvalue weighted by atomic mass is 10.3. The van der Waals surface area contributed by atoms with Crippen LogP contribution in [0.1, 0.15) is 11.3 Å². The summed E-state index contributed by atoms with van der Waals surface area (Å²) < 4.78 is 2.80. The smallest absolute Gasteiger partial charge is 0.130 e. The van der Waals surface area contributed by atoms with Crippen molar-refractivity contribution in [3.8, 4) is 0 Å². The molecule has 4 nitrogen and oxygen atoms in total. The number of nitrogens with one attached hydrogen (secondary N) is 1. The predicted molar refractivity (Wildman–Crippen MR) is 67.9 cm³/mol. The van der Waals surface area contributed by atoms with Gasteiger partial charge in [0.1, 0.15) is 5.82 Å². The number of hydrogen-bond acceptors (Lipinski definition) is 3. The second kappa shape index (κ2) is 4.25. The topological polar surface area (TPSA) is 42.7 Å². The van der Waals surface area contributed by atoms with Gasteiger partial charge in [0.2, 0.25) is 0 Å². The van der Waals surface area contributed by atoms with Gasteiger partial charge in [-0.25, -0.2) is 4.98 Å². The van der Waals surface area contributed by atoms with Gasteiger partial charge in [-0.1, -0.05) is 0 Å². The number of halogens is 1. The van der Waals surface area contributed by atoms with E-state index in [-0.39, 0.29) is 0 Å². The minimum absolute atomic E-state index is 0.830. The van der Waals surface area contributed by atoms with E-state index in [1.165, 1.54) is 0 Å². The molecule has 0 amide bonds. The molecule has 0 radical (unpaired) electrons. The number of aryl methyl sites for hydroxylation is 3. The molecule has 5 heteroatoms. The van der Waals surface area contributed by atoms with Crippen LogP contribution in [0.15, 0.2) is 22.9 Å². The average molecular weight is 281 g/mol. The molecule has 0 saturated heterocycles. The first-order chi connectivity index (χ1) is 7.56. The van der Waals surface area contributed by atoms with Crippen LogP contribution >= 0.6 is 15.9 Å². The Morgan fingerprint density at radius 3 is 2.69 bits per heavy atom. The van der Waals surface area contributed by atoms with Gasteiger partial charge in [-0.05, 0) is 41.4 Å². The van der Waals surface area contributed by atoms with Crippen LogP contribution in [-0.2, 0) is 7.05 Å². The molecule has 0 aliphatic heterocycles. The van der Waals surface area contributed by atoms with E-state index in [2.05, 4.69) is 31.3 Å². The summed E-state index contributed by atoms with van der Waals surface area (Å²) in [4.78, 5) is 4.29. The highest BCUT2D eigenvalue weighted by Gasteiger charge is 2.04. The first-order valence-corrected chi connectivity index (χ1v) is 5.75. The highest BCUT2D eigenvalue weighted by molar-refractivity contribution is 9.10. The van der Waals surface area contributed by atoms with Gasteiger partial charge in [-0.3, -0.25) is 4.68 Å². The summed E-state index contributed by atoms with van der Waals surface area (Å²) in [6.07, 6.45) is 3.73. The lowest BCUT2D eigenvalue weighted by Gasteiger charge is -2.05. The lowest BCUT2D eigenvalue weighted by Crippen LogP contribution is -1.94. The Kier molecular flexibility index (Phi) is 2.96. The Labute approximate surface area is 103 Å². The van der Waals surface area contributed by atoms with E-state index in [1.807, 2.05) is 33.2 Å². The van der Waals surface area contributed by atoms with Crippen molar-refractivity contribution in [3.63, 3.8) is 0 Å². The minimum atomic E-state index is 0.830. The van der Waals surface area contributed by atoms with E-state index in [4.69, 9.17) is 0 Å². The lowest BCUT2D eigenvalue weighted by molar-refractivity contribution is 0.756. The molecular weight excluding hydrogens is 268 g/mol. The maximum Gasteiger partial charge on any atom is 0.130 e. The Morgan fingerprint density at radius 1 is 1.38 bits per heavy atom. The minimum Gasteiger partial charge on any atom is -0.337 e. The normalized spacial score (nSPS) is 10.5. The third kappa shape index (κ3) is 2.24. The van der Waals surface area contributed by atoms with Crippen molar-refractivity contribution >= 4 is 27.4 Å². The molecule has 2 heterocycles. The first kappa shape index (κ1) is 11.1. The largest absolute Gasteiger partial charge is 0.337 e. The van der Waals surface area contributed by atoms with Crippen molar-refractivity contribution in [3.05, 3.63) is 34.2 Å². The molecule has 0 aromatic carbocycles. The number of aromatic nitrogens is 3. The number of rotatable bonds is 2. The molecule has 0 spiro atoms. The van der Waals surface area contributed by atoms with Crippen molar-refractivity contribution in [2.45, 2.75) is 13.8 Å². The second-order valence-electron chi connectivity index (χ2n) is 3.75. The van der Waals surface area contributed by atoms with E-state index in [9.17, 15) is 0 Å². The van der Waals surface area contributed by atoms with E-state index < -0.39 is 0 Å². The van der Waals surface area contributed by atoms with Crippen LogP contribution in [-0.4, -0.2) is 14.8 Å². The molecule has 2 aromatic heterocycles. The Bertz CT molecular complexity index is 519. The zero-order valence-corrected chi connectivity index (χ0v) is 11.0. The molecule has 0 atom stereocenters. The fourth-order valence-corrected chi connectivity index (χ4v) is 1.68. The summed E-state index contributed by atoms with van der Waals surface area (Å²) in [6.45, 7) is 4.00. The number of hydrogen-bond donors (Lipinski definition) is 1. The number of anilines is 2. The van der Waals surface area contributed by atoms with Crippen LogP contribution in [0.4, 0.5) is 11.5 Å². The molecule has 2 rings (SSSR count). The predicted octanol–water partition coefficient (Wildman–Crippen LogP) is 2.94. The highest BCUT2D eigenvalue weighted by Crippen LogP contribution is 2.21. The van der Waals surface area contributed by atoms with Gasteiger partial charge in [-0.15, -0.1) is 0 Å². The third-order valence-corrected chi connectivity index (χ3v) is 3.15. The van der Waals surface area contributed by atoms with Crippen LogP contribution < -0.4 is 5.32 Å². The van der Waals surface area contributed by atoms with E-state index in [0.29, 0.717) is 0 Å². The fraction of sp³-hybridized carbons (Fsp3) is 0.273. The standard InChI is InChI=1S/C11H13BrN4/c1-7-4-11(13-5-9(7)12)14-10-6-16(3)15-8(10)2/h4-6H,1-3H3,(H,13,14). The van der Waals surface area contributed by atoms with Crippen molar-refractivity contribution in [2.75, 3.05) is 5.32 Å². The second-order valence-corrected chi connectivity index (χ2v) is 4.60. The van der Waals surface area contributed by atoms with Crippen LogP contribution in [0.2, 0.25) is 0 Å². The van der Waals surface area contributed by atoms with Crippen LogP contribution in [0, 0.1) is 13.8 Å². The summed E-state index contributed by atoms with van der Waals surface area (Å²) in [5.41, 5.74) is 3.10. The molecule has 0 bridgehead atoms. The van der Waals surface area contributed by atoms with Crippen LogP contribution in [0.3, 0.4) is 0 Å². The van der Waals surface area contributed by atoms with Gasteiger partial charge < -0.3 is 5.32 Å². The fourth-order valence-electron chi connectivity index (χ4n) is 1.47. The molecule has 2 aromatic rings. The monoisotopic (exact) mass is 280 g/mol. The Morgan fingerprint density at radius 2 is 2.12 bits per heavy atom. The van der Waals surface area contributed by atoms with Crippen molar-refractivity contribution in [1.82, 2.24) is 14.8 Å². The Hall–Kier alpha value is -1.36. The zero-order chi connectivity index (χ0) is 11.7. The first-order valence-electron chi connectivity index (χ1n) is 4.95. The molecule has 0 aliphatic rings. The summed E-state index contributed by atoms with van der Waals surface area (Å²) >= 11 is 3.43. The Balaban J connectivity index is 2.27. The van der Waals surface area contributed by atoms with Gasteiger partial charge in [0.05, 0.1) is 11.4 Å². The summed E-state index contributed by atoms with van der Waals surface area (Å²) in [5.74, 6) is 0.830. The summed E-state index contributed by atoms with van der Waals surface area (Å²) in [7, 11) is 1.90. The maximum atomic E-state index is 4.29. The third-order valence-electron chi connectivity index (χ3n) is 2.32. The van der Waals surface area contributed by atoms with Crippen molar-refractivity contribution in [2.24, 2.45) is 7.05 Å². The summed E-state index contributed by atoms with van der Waals surface area (Å²) in [6, 6.07) is 2.00. The van der Waals surface area contributed by atoms with Gasteiger partial charge in [0, 0.05) is 23.9 Å². The van der Waals surface area contributed by atoms with E-state index in [1.54, 1.807) is 10.9 Å². The summed E-state index contributed by atoms with van der Waals surface area (Å²) in [5, 5.41) is 7.51. The molecule has 0 saturated carbocycles. The molecule has 0 unspecified atom stereocenters. The molecular formula is C11H13BrN4. The van der Waals surface area contributed by atoms with Crippen molar-refractivity contribution in [1.29, 1.82) is 0 Å². The van der Waals surface area contributed by atoms with Gasteiger partial charge in [-0.2, -0.15) is 5.10 Å². The zero-order valence-electron chi connectivity index (χ0n) is 9.45. The number of pyridine rings is 1. The molecule has 0 aliphatic carbocycles. The quantitative estimate of drug-likeness (QED) is 0.920. The number of nitrogens with zero attached hydrogens (tertiary/aromatic N) is 3. The van der Waals surface area contributed by atoms with Crippen molar-refractivity contribution < 1.29 is 0 Å². The van der Waals surface area contributed by atoms with Gasteiger partial charge in [0.25, 0.3) is 0 Å². The van der Waals surface area contributed by atoms with E-state index >= 15 is 0 Å². The SMILES string of the molecule is Cc1cc(Nc2cn(C)nc2C)ncc1Br. The van der Waals surface area contributed by atoms with Gasteiger partial charge >= 0.3 is 0 Å². The molecule has 84 valence electrons. The van der Waals surface area contributed by atoms with Crippen LogP contribution in [0.25, 0.3) is 0 Å². The highest BCUT2D eigenvalue weighted by atomic mass is 79.9. The van der Waals surface area contributed by atoms with Gasteiger partial charge in [0.15, 0.2) is 0 Å². The maximum absolute atomic E-state index is 4.29. The molecule has 1 N–H and O–H groups in total. The molecule has 0 fully saturated rings. The molecule has 16 heavy (non-hydrogen) atoms. The van der Waals surface area contributed by atoms with Crippen LogP contribution in [0.5, 0.6) is 0 Å². The van der Waals surface area contributed by atoms with E-state index in [0.717, 1.165) is 27.2 Å².